The normalized spacial score (nSPS) is 10.4. The Labute approximate surface area is 85.1 Å². The van der Waals surface area contributed by atoms with Gasteiger partial charge in [-0.3, -0.25) is 4.57 Å². The number of nitrogens with zero attached hydrogens (tertiary/aromatic N) is 3. The number of benzene rings is 1. The second-order valence-electron chi connectivity index (χ2n) is 2.82. The molecule has 0 radical (unpaired) electrons. The predicted molar refractivity (Wildman–Crippen MR) is 50.5 cm³/mol. The zero-order chi connectivity index (χ0) is 9.97. The lowest BCUT2D eigenvalue weighted by Crippen LogP contribution is -2.00. The molecule has 3 nitrogen and oxygen atoms in total. The standard InChI is InChI=1S/C9H7ClFN3/c10-9-13-12-6-14(9)5-7-3-1-2-4-8(7)11/h1-4,6H,5H2. The first-order chi connectivity index (χ1) is 6.77. The van der Waals surface area contributed by atoms with Crippen molar-refractivity contribution in [3.63, 3.8) is 0 Å². The van der Waals surface area contributed by atoms with Crippen LogP contribution in [0.1, 0.15) is 5.56 Å². The molecule has 1 aromatic heterocycles. The van der Waals surface area contributed by atoms with Crippen LogP contribution in [0.3, 0.4) is 0 Å². The third-order valence-electron chi connectivity index (χ3n) is 1.87. The first kappa shape index (κ1) is 9.15. The molecule has 0 aliphatic carbocycles. The molecule has 0 aliphatic rings. The van der Waals surface area contributed by atoms with Crippen molar-refractivity contribution >= 4 is 11.6 Å². The van der Waals surface area contributed by atoms with Gasteiger partial charge in [0.1, 0.15) is 12.1 Å². The van der Waals surface area contributed by atoms with E-state index in [0.29, 0.717) is 12.1 Å². The maximum absolute atomic E-state index is 13.2. The molecule has 0 fully saturated rings. The Kier molecular flexibility index (Phi) is 2.45. The Morgan fingerprint density at radius 2 is 2.14 bits per heavy atom. The van der Waals surface area contributed by atoms with Crippen LogP contribution < -0.4 is 0 Å². The molecule has 0 saturated carbocycles. The summed E-state index contributed by atoms with van der Waals surface area (Å²) in [5, 5.41) is 7.46. The van der Waals surface area contributed by atoms with Crippen LogP contribution in [-0.4, -0.2) is 14.8 Å². The summed E-state index contributed by atoms with van der Waals surface area (Å²) in [5.74, 6) is -0.253. The van der Waals surface area contributed by atoms with Crippen molar-refractivity contribution in [2.24, 2.45) is 0 Å². The third kappa shape index (κ3) is 1.75. The Morgan fingerprint density at radius 3 is 2.79 bits per heavy atom. The lowest BCUT2D eigenvalue weighted by Gasteiger charge is -2.03. The minimum absolute atomic E-state index is 0.253. The van der Waals surface area contributed by atoms with E-state index in [1.165, 1.54) is 12.4 Å². The van der Waals surface area contributed by atoms with Crippen LogP contribution in [0.2, 0.25) is 5.28 Å². The molecular weight excluding hydrogens is 205 g/mol. The summed E-state index contributed by atoms with van der Waals surface area (Å²) < 4.78 is 14.8. The van der Waals surface area contributed by atoms with Crippen molar-refractivity contribution in [2.75, 3.05) is 0 Å². The average molecular weight is 212 g/mol. The predicted octanol–water partition coefficient (Wildman–Crippen LogP) is 2.12. The van der Waals surface area contributed by atoms with Gasteiger partial charge in [0.05, 0.1) is 6.54 Å². The Balaban J connectivity index is 2.28. The second kappa shape index (κ2) is 3.75. The average Bonchev–Trinajstić information content (AvgIpc) is 2.56. The number of hydrogen-bond donors (Lipinski definition) is 0. The topological polar surface area (TPSA) is 30.7 Å². The van der Waals surface area contributed by atoms with Crippen LogP contribution in [0.4, 0.5) is 4.39 Å². The minimum Gasteiger partial charge on any atom is -0.300 e. The van der Waals surface area contributed by atoms with Gasteiger partial charge < -0.3 is 0 Å². The fourth-order valence-electron chi connectivity index (χ4n) is 1.16. The highest BCUT2D eigenvalue weighted by Gasteiger charge is 2.04. The van der Waals surface area contributed by atoms with Gasteiger partial charge in [-0.05, 0) is 17.7 Å². The van der Waals surface area contributed by atoms with E-state index in [1.54, 1.807) is 22.8 Å². The maximum atomic E-state index is 13.2. The van der Waals surface area contributed by atoms with Gasteiger partial charge >= 0.3 is 0 Å². The van der Waals surface area contributed by atoms with E-state index in [2.05, 4.69) is 10.2 Å². The summed E-state index contributed by atoms with van der Waals surface area (Å²) in [6.45, 7) is 0.346. The summed E-state index contributed by atoms with van der Waals surface area (Å²) in [5.41, 5.74) is 0.564. The maximum Gasteiger partial charge on any atom is 0.225 e. The van der Waals surface area contributed by atoms with Crippen molar-refractivity contribution in [2.45, 2.75) is 6.54 Å². The van der Waals surface area contributed by atoms with E-state index in [4.69, 9.17) is 11.6 Å². The molecule has 0 N–H and O–H groups in total. The highest BCUT2D eigenvalue weighted by Crippen LogP contribution is 2.11. The quantitative estimate of drug-likeness (QED) is 0.762. The Bertz CT molecular complexity index is 441. The van der Waals surface area contributed by atoms with E-state index < -0.39 is 0 Å². The van der Waals surface area contributed by atoms with Crippen LogP contribution in [-0.2, 0) is 6.54 Å². The largest absolute Gasteiger partial charge is 0.300 e. The number of aromatic nitrogens is 3. The summed E-state index contributed by atoms with van der Waals surface area (Å²) >= 11 is 5.71. The second-order valence-corrected chi connectivity index (χ2v) is 3.16. The van der Waals surface area contributed by atoms with E-state index in [0.717, 1.165) is 0 Å². The van der Waals surface area contributed by atoms with Gasteiger partial charge in [-0.25, -0.2) is 4.39 Å². The molecule has 0 bridgehead atoms. The van der Waals surface area contributed by atoms with Gasteiger partial charge in [-0.2, -0.15) is 0 Å². The van der Waals surface area contributed by atoms with Crippen LogP contribution in [0.15, 0.2) is 30.6 Å². The van der Waals surface area contributed by atoms with Gasteiger partial charge in [0.15, 0.2) is 0 Å². The summed E-state index contributed by atoms with van der Waals surface area (Å²) in [6.07, 6.45) is 1.47. The Hall–Kier alpha value is -1.42. The van der Waals surface area contributed by atoms with Crippen molar-refractivity contribution in [1.82, 2.24) is 14.8 Å². The molecule has 2 aromatic rings. The van der Waals surface area contributed by atoms with Gasteiger partial charge in [0, 0.05) is 5.56 Å². The number of rotatable bonds is 2. The van der Waals surface area contributed by atoms with Gasteiger partial charge in [0.25, 0.3) is 0 Å². The zero-order valence-electron chi connectivity index (χ0n) is 7.19. The van der Waals surface area contributed by atoms with E-state index in [-0.39, 0.29) is 11.1 Å². The lowest BCUT2D eigenvalue weighted by atomic mass is 10.2. The smallest absolute Gasteiger partial charge is 0.225 e. The number of hydrogen-bond acceptors (Lipinski definition) is 2. The molecule has 0 amide bonds. The van der Waals surface area contributed by atoms with Gasteiger partial charge in [-0.15, -0.1) is 10.2 Å². The molecule has 0 atom stereocenters. The molecule has 14 heavy (non-hydrogen) atoms. The molecule has 72 valence electrons. The Morgan fingerprint density at radius 1 is 1.36 bits per heavy atom. The molecule has 0 unspecified atom stereocenters. The molecule has 0 aliphatic heterocycles. The van der Waals surface area contributed by atoms with E-state index in [1.807, 2.05) is 0 Å². The van der Waals surface area contributed by atoms with E-state index >= 15 is 0 Å². The number of halogens is 2. The summed E-state index contributed by atoms with van der Waals surface area (Å²) in [6, 6.07) is 6.53. The third-order valence-corrected chi connectivity index (χ3v) is 2.16. The van der Waals surface area contributed by atoms with Gasteiger partial charge in [0.2, 0.25) is 5.28 Å². The monoisotopic (exact) mass is 211 g/mol. The van der Waals surface area contributed by atoms with Crippen LogP contribution in [0.5, 0.6) is 0 Å². The lowest BCUT2D eigenvalue weighted by molar-refractivity contribution is 0.599. The molecule has 5 heteroatoms. The molecule has 1 aromatic carbocycles. The van der Waals surface area contributed by atoms with Crippen LogP contribution >= 0.6 is 11.6 Å². The van der Waals surface area contributed by atoms with Crippen LogP contribution in [0, 0.1) is 5.82 Å². The highest BCUT2D eigenvalue weighted by molar-refractivity contribution is 6.28. The van der Waals surface area contributed by atoms with Crippen LogP contribution in [0.25, 0.3) is 0 Å². The fourth-order valence-corrected chi connectivity index (χ4v) is 1.30. The molecular formula is C9H7ClFN3. The minimum atomic E-state index is -0.253. The van der Waals surface area contributed by atoms with Crippen molar-refractivity contribution in [3.05, 3.63) is 47.3 Å². The molecule has 2 rings (SSSR count). The molecule has 0 saturated heterocycles. The van der Waals surface area contributed by atoms with Gasteiger partial charge in [-0.1, -0.05) is 18.2 Å². The molecule has 1 heterocycles. The van der Waals surface area contributed by atoms with Crippen molar-refractivity contribution in [3.8, 4) is 0 Å². The van der Waals surface area contributed by atoms with Crippen molar-refractivity contribution < 1.29 is 4.39 Å². The molecule has 0 spiro atoms. The van der Waals surface area contributed by atoms with Crippen molar-refractivity contribution in [1.29, 1.82) is 0 Å². The SMILES string of the molecule is Fc1ccccc1Cn1cnnc1Cl. The first-order valence-corrected chi connectivity index (χ1v) is 4.42. The summed E-state index contributed by atoms with van der Waals surface area (Å²) in [7, 11) is 0. The highest BCUT2D eigenvalue weighted by atomic mass is 35.5. The first-order valence-electron chi connectivity index (χ1n) is 4.04. The summed E-state index contributed by atoms with van der Waals surface area (Å²) in [4.78, 5) is 0. The van der Waals surface area contributed by atoms with E-state index in [9.17, 15) is 4.39 Å². The zero-order valence-corrected chi connectivity index (χ0v) is 7.95. The fraction of sp³-hybridized carbons (Fsp3) is 0.111.